The van der Waals surface area contributed by atoms with E-state index in [1.807, 2.05) is 11.7 Å². The van der Waals surface area contributed by atoms with Crippen LogP contribution in [0.25, 0.3) is 10.9 Å². The maximum Gasteiger partial charge on any atom is 0.235 e. The Morgan fingerprint density at radius 1 is 1.27 bits per heavy atom. The fourth-order valence-corrected chi connectivity index (χ4v) is 3.26. The van der Waals surface area contributed by atoms with Crippen molar-refractivity contribution >= 4 is 28.4 Å². The van der Waals surface area contributed by atoms with Crippen molar-refractivity contribution in [3.8, 4) is 0 Å². The number of aryl methyl sites for hydroxylation is 1. The van der Waals surface area contributed by atoms with Crippen molar-refractivity contribution in [3.63, 3.8) is 0 Å². The van der Waals surface area contributed by atoms with E-state index >= 15 is 0 Å². The summed E-state index contributed by atoms with van der Waals surface area (Å²) in [6, 6.07) is 6.28. The van der Waals surface area contributed by atoms with Crippen LogP contribution in [0.15, 0.2) is 18.2 Å². The molecule has 6 nitrogen and oxygen atoms in total. The van der Waals surface area contributed by atoms with Gasteiger partial charge in [0.2, 0.25) is 11.8 Å². The van der Waals surface area contributed by atoms with Gasteiger partial charge in [0.05, 0.1) is 17.1 Å². The van der Waals surface area contributed by atoms with Crippen LogP contribution in [0.2, 0.25) is 0 Å². The van der Waals surface area contributed by atoms with E-state index < -0.39 is 0 Å². The van der Waals surface area contributed by atoms with Gasteiger partial charge in [0.15, 0.2) is 0 Å². The van der Waals surface area contributed by atoms with Crippen molar-refractivity contribution in [2.75, 3.05) is 18.0 Å². The number of rotatable bonds is 2. The van der Waals surface area contributed by atoms with Gasteiger partial charge in [-0.15, -0.1) is 0 Å². The molecule has 2 aliphatic heterocycles. The predicted molar refractivity (Wildman–Crippen MR) is 82.7 cm³/mol. The number of imide groups is 1. The van der Waals surface area contributed by atoms with Crippen LogP contribution in [0.5, 0.6) is 0 Å². The topological polar surface area (TPSA) is 67.2 Å². The van der Waals surface area contributed by atoms with E-state index in [0.717, 1.165) is 29.7 Å². The summed E-state index contributed by atoms with van der Waals surface area (Å²) in [4.78, 5) is 25.7. The van der Waals surface area contributed by atoms with Crippen molar-refractivity contribution in [1.29, 1.82) is 0 Å². The monoisotopic (exact) mass is 298 g/mol. The summed E-state index contributed by atoms with van der Waals surface area (Å²) in [6.45, 7) is 2.20. The molecule has 1 atom stereocenters. The zero-order chi connectivity index (χ0) is 15.3. The normalized spacial score (nSPS) is 21.9. The number of amides is 2. The Balaban J connectivity index is 1.75. The number of anilines is 1. The summed E-state index contributed by atoms with van der Waals surface area (Å²) in [5.41, 5.74) is 3.01. The minimum absolute atomic E-state index is 0.193. The molecule has 6 heteroatoms. The summed E-state index contributed by atoms with van der Waals surface area (Å²) in [5, 5.41) is 7.97. The highest BCUT2D eigenvalue weighted by atomic mass is 16.2. The van der Waals surface area contributed by atoms with Gasteiger partial charge in [0.1, 0.15) is 0 Å². The molecule has 0 aliphatic carbocycles. The summed E-state index contributed by atoms with van der Waals surface area (Å²) >= 11 is 0. The molecule has 2 amide bonds. The largest absolute Gasteiger partial charge is 0.371 e. The molecular formula is C16H18N4O2. The van der Waals surface area contributed by atoms with Crippen LogP contribution in [-0.4, -0.2) is 34.7 Å². The second-order valence-electron chi connectivity index (χ2n) is 6.05. The third-order valence-electron chi connectivity index (χ3n) is 4.65. The van der Waals surface area contributed by atoms with Crippen molar-refractivity contribution in [2.45, 2.75) is 25.2 Å². The fraction of sp³-hybridized carbons (Fsp3) is 0.438. The molecule has 0 saturated carbocycles. The zero-order valence-corrected chi connectivity index (χ0v) is 12.5. The number of fused-ring (bicyclic) bond motifs is 1. The van der Waals surface area contributed by atoms with E-state index in [1.54, 1.807) is 0 Å². The molecule has 1 unspecified atom stereocenters. The number of nitrogens with zero attached hydrogens (tertiary/aromatic N) is 3. The molecule has 2 aliphatic rings. The molecule has 1 N–H and O–H groups in total. The van der Waals surface area contributed by atoms with Crippen molar-refractivity contribution in [2.24, 2.45) is 7.05 Å². The van der Waals surface area contributed by atoms with Crippen LogP contribution in [-0.2, 0) is 16.6 Å². The van der Waals surface area contributed by atoms with Gasteiger partial charge in [-0.1, -0.05) is 0 Å². The third kappa shape index (κ3) is 1.98. The lowest BCUT2D eigenvalue weighted by atomic mass is 9.92. The number of carbonyl (C=O) groups excluding carboxylic acids is 2. The average Bonchev–Trinajstić information content (AvgIpc) is 2.74. The Hall–Kier alpha value is -2.37. The van der Waals surface area contributed by atoms with Gasteiger partial charge in [-0.2, -0.15) is 5.10 Å². The third-order valence-corrected chi connectivity index (χ3v) is 4.65. The molecular weight excluding hydrogens is 280 g/mol. The van der Waals surface area contributed by atoms with Crippen LogP contribution in [0.3, 0.4) is 0 Å². The minimum Gasteiger partial charge on any atom is -0.371 e. The van der Waals surface area contributed by atoms with Crippen molar-refractivity contribution in [1.82, 2.24) is 15.1 Å². The predicted octanol–water partition coefficient (Wildman–Crippen LogP) is 1.30. The van der Waals surface area contributed by atoms with E-state index in [9.17, 15) is 9.59 Å². The highest BCUT2D eigenvalue weighted by molar-refractivity contribution is 6.02. The molecule has 114 valence electrons. The zero-order valence-electron chi connectivity index (χ0n) is 12.5. The molecule has 2 fully saturated rings. The number of hydrogen-bond acceptors (Lipinski definition) is 4. The SMILES string of the molecule is Cn1nc(C2CCC(=O)NC2=O)c2ccc(N3CCC3)cc21. The Kier molecular flexibility index (Phi) is 2.92. The van der Waals surface area contributed by atoms with E-state index in [2.05, 4.69) is 33.5 Å². The lowest BCUT2D eigenvalue weighted by Crippen LogP contribution is -2.39. The van der Waals surface area contributed by atoms with Gasteiger partial charge < -0.3 is 4.90 Å². The molecule has 0 spiro atoms. The summed E-state index contributed by atoms with van der Waals surface area (Å²) in [6.07, 6.45) is 2.15. The first kappa shape index (κ1) is 13.3. The lowest BCUT2D eigenvalue weighted by molar-refractivity contribution is -0.134. The summed E-state index contributed by atoms with van der Waals surface area (Å²) < 4.78 is 1.83. The highest BCUT2D eigenvalue weighted by Gasteiger charge is 2.31. The van der Waals surface area contributed by atoms with Gasteiger partial charge in [-0.25, -0.2) is 0 Å². The van der Waals surface area contributed by atoms with Gasteiger partial charge >= 0.3 is 0 Å². The standard InChI is InChI=1S/C16H18N4O2/c1-19-13-9-10(20-7-2-8-20)3-4-11(13)15(18-19)12-5-6-14(21)17-16(12)22/h3-4,9,12H,2,5-8H2,1H3,(H,17,21,22). The van der Waals surface area contributed by atoms with Crippen LogP contribution < -0.4 is 10.2 Å². The first-order chi connectivity index (χ1) is 10.6. The van der Waals surface area contributed by atoms with Gasteiger partial charge in [0.25, 0.3) is 0 Å². The maximum atomic E-state index is 12.1. The molecule has 2 aromatic rings. The Labute approximate surface area is 128 Å². The smallest absolute Gasteiger partial charge is 0.235 e. The fourth-order valence-electron chi connectivity index (χ4n) is 3.26. The Bertz CT molecular complexity index is 776. The highest BCUT2D eigenvalue weighted by Crippen LogP contribution is 2.32. The molecule has 1 aromatic carbocycles. The van der Waals surface area contributed by atoms with E-state index in [-0.39, 0.29) is 17.7 Å². The van der Waals surface area contributed by atoms with Crippen molar-refractivity contribution < 1.29 is 9.59 Å². The number of hydrogen-bond donors (Lipinski definition) is 1. The second-order valence-corrected chi connectivity index (χ2v) is 6.05. The van der Waals surface area contributed by atoms with E-state index in [0.29, 0.717) is 12.8 Å². The van der Waals surface area contributed by atoms with E-state index in [1.165, 1.54) is 12.1 Å². The van der Waals surface area contributed by atoms with Gasteiger partial charge in [0, 0.05) is 37.6 Å². The van der Waals surface area contributed by atoms with Crippen LogP contribution in [0.1, 0.15) is 30.9 Å². The van der Waals surface area contributed by atoms with Gasteiger partial charge in [-0.3, -0.25) is 19.6 Å². The molecule has 1 aromatic heterocycles. The molecule has 2 saturated heterocycles. The first-order valence-corrected chi connectivity index (χ1v) is 7.69. The molecule has 3 heterocycles. The number of aromatic nitrogens is 2. The second kappa shape index (κ2) is 4.83. The first-order valence-electron chi connectivity index (χ1n) is 7.69. The lowest BCUT2D eigenvalue weighted by Gasteiger charge is -2.33. The quantitative estimate of drug-likeness (QED) is 0.849. The average molecular weight is 298 g/mol. The molecule has 0 bridgehead atoms. The minimum atomic E-state index is -0.337. The van der Waals surface area contributed by atoms with Crippen LogP contribution >= 0.6 is 0 Å². The molecule has 22 heavy (non-hydrogen) atoms. The van der Waals surface area contributed by atoms with Crippen LogP contribution in [0, 0.1) is 0 Å². The molecule has 0 radical (unpaired) electrons. The number of benzene rings is 1. The summed E-state index contributed by atoms with van der Waals surface area (Å²) in [7, 11) is 1.90. The Morgan fingerprint density at radius 3 is 2.77 bits per heavy atom. The number of nitrogens with one attached hydrogen (secondary N) is 1. The molecule has 4 rings (SSSR count). The van der Waals surface area contributed by atoms with E-state index in [4.69, 9.17) is 0 Å². The van der Waals surface area contributed by atoms with Gasteiger partial charge in [-0.05, 0) is 31.0 Å². The van der Waals surface area contributed by atoms with Crippen LogP contribution in [0.4, 0.5) is 5.69 Å². The van der Waals surface area contributed by atoms with Crippen molar-refractivity contribution in [3.05, 3.63) is 23.9 Å². The Morgan fingerprint density at radius 2 is 2.09 bits per heavy atom. The summed E-state index contributed by atoms with van der Waals surface area (Å²) in [5.74, 6) is -0.763. The number of piperidine rings is 1. The number of carbonyl (C=O) groups is 2. The maximum absolute atomic E-state index is 12.1.